The van der Waals surface area contributed by atoms with Gasteiger partial charge in [0.25, 0.3) is 0 Å². The molecule has 1 N–H and O–H groups in total. The fourth-order valence-corrected chi connectivity index (χ4v) is 1.70. The normalized spacial score (nSPS) is 12.5. The van der Waals surface area contributed by atoms with Crippen LogP contribution in [0.5, 0.6) is 11.8 Å². The maximum atomic E-state index is 5.69. The highest BCUT2D eigenvalue weighted by atomic mass is 16.5. The van der Waals surface area contributed by atoms with Gasteiger partial charge in [0.05, 0.1) is 39.2 Å². The van der Waals surface area contributed by atoms with Crippen LogP contribution in [0.3, 0.4) is 0 Å². The summed E-state index contributed by atoms with van der Waals surface area (Å²) in [6.45, 7) is 7.53. The van der Waals surface area contributed by atoms with Crippen molar-refractivity contribution in [1.82, 2.24) is 15.3 Å². The quantitative estimate of drug-likeness (QED) is 0.747. The third kappa shape index (κ3) is 4.94. The van der Waals surface area contributed by atoms with Gasteiger partial charge in [0, 0.05) is 0 Å². The average Bonchev–Trinajstić information content (AvgIpc) is 2.46. The first-order valence-corrected chi connectivity index (χ1v) is 6.92. The first kappa shape index (κ1) is 16.7. The molecular weight excluding hydrogens is 258 g/mol. The first-order chi connectivity index (χ1) is 9.62. The van der Waals surface area contributed by atoms with E-state index in [0.717, 1.165) is 18.7 Å². The maximum Gasteiger partial charge on any atom is 0.240 e. The number of ether oxygens (including phenoxy) is 3. The molecule has 0 fully saturated rings. The SMILES string of the molecule is CCCNC(COC(C)C)c1ncc(OC)nc1OC. The molecule has 1 aromatic heterocycles. The maximum absolute atomic E-state index is 5.69. The molecule has 6 heteroatoms. The molecule has 0 saturated heterocycles. The van der Waals surface area contributed by atoms with Gasteiger partial charge >= 0.3 is 0 Å². The van der Waals surface area contributed by atoms with E-state index in [1.807, 2.05) is 13.8 Å². The summed E-state index contributed by atoms with van der Waals surface area (Å²) in [6.07, 6.45) is 2.79. The summed E-state index contributed by atoms with van der Waals surface area (Å²) < 4.78 is 16.1. The van der Waals surface area contributed by atoms with Crippen molar-refractivity contribution in [3.05, 3.63) is 11.9 Å². The first-order valence-electron chi connectivity index (χ1n) is 6.92. The molecular formula is C14H25N3O3. The second-order valence-electron chi connectivity index (χ2n) is 4.70. The van der Waals surface area contributed by atoms with Crippen molar-refractivity contribution in [2.45, 2.75) is 39.3 Å². The number of nitrogens with zero attached hydrogens (tertiary/aromatic N) is 2. The topological polar surface area (TPSA) is 65.5 Å². The van der Waals surface area contributed by atoms with Crippen LogP contribution in [0, 0.1) is 0 Å². The molecule has 0 aromatic carbocycles. The van der Waals surface area contributed by atoms with Gasteiger partial charge < -0.3 is 19.5 Å². The Morgan fingerprint density at radius 1 is 1.25 bits per heavy atom. The molecule has 1 atom stereocenters. The summed E-state index contributed by atoms with van der Waals surface area (Å²) in [5.41, 5.74) is 0.738. The van der Waals surface area contributed by atoms with Crippen LogP contribution < -0.4 is 14.8 Å². The van der Waals surface area contributed by atoms with Gasteiger partial charge in [0.1, 0.15) is 5.69 Å². The smallest absolute Gasteiger partial charge is 0.240 e. The van der Waals surface area contributed by atoms with E-state index in [9.17, 15) is 0 Å². The van der Waals surface area contributed by atoms with Crippen molar-refractivity contribution in [3.63, 3.8) is 0 Å². The van der Waals surface area contributed by atoms with Crippen molar-refractivity contribution in [1.29, 1.82) is 0 Å². The molecule has 0 aliphatic heterocycles. The number of hydrogen-bond acceptors (Lipinski definition) is 6. The minimum absolute atomic E-state index is 0.0503. The van der Waals surface area contributed by atoms with Crippen LogP contribution in [0.4, 0.5) is 0 Å². The van der Waals surface area contributed by atoms with E-state index in [-0.39, 0.29) is 12.1 Å². The van der Waals surface area contributed by atoms with Crippen molar-refractivity contribution < 1.29 is 14.2 Å². The highest BCUT2D eigenvalue weighted by Gasteiger charge is 2.20. The predicted molar refractivity (Wildman–Crippen MR) is 77.3 cm³/mol. The summed E-state index contributed by atoms with van der Waals surface area (Å²) in [7, 11) is 3.13. The van der Waals surface area contributed by atoms with E-state index in [1.165, 1.54) is 0 Å². The Morgan fingerprint density at radius 3 is 2.55 bits per heavy atom. The minimum atomic E-state index is -0.0503. The number of methoxy groups -OCH3 is 2. The van der Waals surface area contributed by atoms with Crippen molar-refractivity contribution in [2.24, 2.45) is 0 Å². The minimum Gasteiger partial charge on any atom is -0.480 e. The molecule has 1 unspecified atom stereocenters. The van der Waals surface area contributed by atoms with E-state index in [1.54, 1.807) is 20.4 Å². The van der Waals surface area contributed by atoms with E-state index < -0.39 is 0 Å². The Balaban J connectivity index is 2.92. The lowest BCUT2D eigenvalue weighted by molar-refractivity contribution is 0.0596. The van der Waals surface area contributed by atoms with Crippen molar-refractivity contribution in [3.8, 4) is 11.8 Å². The van der Waals surface area contributed by atoms with Gasteiger partial charge in [-0.05, 0) is 26.8 Å². The average molecular weight is 283 g/mol. The molecule has 0 radical (unpaired) electrons. The van der Waals surface area contributed by atoms with Crippen molar-refractivity contribution >= 4 is 0 Å². The highest BCUT2D eigenvalue weighted by molar-refractivity contribution is 5.25. The van der Waals surface area contributed by atoms with E-state index in [2.05, 4.69) is 22.2 Å². The Bertz CT molecular complexity index is 399. The Kier molecular flexibility index (Phi) is 7.25. The molecule has 6 nitrogen and oxygen atoms in total. The van der Waals surface area contributed by atoms with Crippen LogP contribution in [0.15, 0.2) is 6.20 Å². The fraction of sp³-hybridized carbons (Fsp3) is 0.714. The zero-order valence-electron chi connectivity index (χ0n) is 13.0. The lowest BCUT2D eigenvalue weighted by Gasteiger charge is -2.21. The van der Waals surface area contributed by atoms with Crippen LogP contribution >= 0.6 is 0 Å². The Morgan fingerprint density at radius 2 is 2.00 bits per heavy atom. The van der Waals surface area contributed by atoms with Gasteiger partial charge in [0.15, 0.2) is 0 Å². The molecule has 0 amide bonds. The molecule has 0 spiro atoms. The van der Waals surface area contributed by atoms with Crippen LogP contribution in [0.25, 0.3) is 0 Å². The van der Waals surface area contributed by atoms with E-state index in [4.69, 9.17) is 14.2 Å². The van der Waals surface area contributed by atoms with Crippen molar-refractivity contribution in [2.75, 3.05) is 27.4 Å². The van der Waals surface area contributed by atoms with Gasteiger partial charge in [-0.15, -0.1) is 0 Å². The lowest BCUT2D eigenvalue weighted by Crippen LogP contribution is -2.29. The molecule has 1 aromatic rings. The Labute approximate surface area is 120 Å². The number of rotatable bonds is 9. The lowest BCUT2D eigenvalue weighted by atomic mass is 10.2. The second kappa shape index (κ2) is 8.71. The molecule has 0 aliphatic rings. The van der Waals surface area contributed by atoms with Gasteiger partial charge in [-0.2, -0.15) is 4.98 Å². The van der Waals surface area contributed by atoms with Crippen LogP contribution in [0.2, 0.25) is 0 Å². The zero-order valence-corrected chi connectivity index (χ0v) is 13.0. The van der Waals surface area contributed by atoms with Crippen LogP contribution in [-0.4, -0.2) is 43.4 Å². The summed E-state index contributed by atoms with van der Waals surface area (Å²) in [5, 5.41) is 3.40. The number of nitrogens with one attached hydrogen (secondary N) is 1. The van der Waals surface area contributed by atoms with Gasteiger partial charge in [-0.1, -0.05) is 6.92 Å². The molecule has 114 valence electrons. The zero-order chi connectivity index (χ0) is 15.0. The number of hydrogen-bond donors (Lipinski definition) is 1. The third-order valence-electron chi connectivity index (χ3n) is 2.71. The molecule has 20 heavy (non-hydrogen) atoms. The fourth-order valence-electron chi connectivity index (χ4n) is 1.70. The summed E-state index contributed by atoms with van der Waals surface area (Å²) in [4.78, 5) is 8.66. The second-order valence-corrected chi connectivity index (χ2v) is 4.70. The molecule has 0 aliphatic carbocycles. The standard InChI is InChI=1S/C14H25N3O3/c1-6-7-15-11(9-20-10(2)3)13-14(19-5)17-12(18-4)8-16-13/h8,10-11,15H,6-7,9H2,1-5H3. The van der Waals surface area contributed by atoms with Gasteiger partial charge in [0.2, 0.25) is 11.8 Å². The summed E-state index contributed by atoms with van der Waals surface area (Å²) in [5.74, 6) is 0.898. The molecule has 1 heterocycles. The molecule has 0 bridgehead atoms. The largest absolute Gasteiger partial charge is 0.480 e. The van der Waals surface area contributed by atoms with Crippen LogP contribution in [-0.2, 0) is 4.74 Å². The molecule has 1 rings (SSSR count). The monoisotopic (exact) mass is 283 g/mol. The van der Waals surface area contributed by atoms with E-state index in [0.29, 0.717) is 18.4 Å². The third-order valence-corrected chi connectivity index (χ3v) is 2.71. The summed E-state index contributed by atoms with van der Waals surface area (Å²) >= 11 is 0. The van der Waals surface area contributed by atoms with Gasteiger partial charge in [-0.3, -0.25) is 0 Å². The van der Waals surface area contributed by atoms with Crippen LogP contribution in [0.1, 0.15) is 38.9 Å². The predicted octanol–water partition coefficient (Wildman–Crippen LogP) is 1.96. The van der Waals surface area contributed by atoms with E-state index >= 15 is 0 Å². The Hall–Kier alpha value is -1.40. The highest BCUT2D eigenvalue weighted by Crippen LogP contribution is 2.23. The number of aromatic nitrogens is 2. The van der Waals surface area contributed by atoms with Gasteiger partial charge in [-0.25, -0.2) is 4.98 Å². The molecule has 0 saturated carbocycles. The summed E-state index contributed by atoms with van der Waals surface area (Å²) in [6, 6.07) is -0.0503.